The highest BCUT2D eigenvalue weighted by atomic mass is 16.3. The monoisotopic (exact) mass is 463 g/mol. The van der Waals surface area contributed by atoms with E-state index in [0.717, 1.165) is 29.8 Å². The lowest BCUT2D eigenvalue weighted by atomic mass is 9.75. The number of hydrogen-bond acceptors (Lipinski definition) is 4. The second kappa shape index (κ2) is 8.29. The molecule has 2 aromatic rings. The molecule has 1 aromatic heterocycles. The number of aromatic hydroxyl groups is 1. The van der Waals surface area contributed by atoms with Crippen molar-refractivity contribution < 1.29 is 19.5 Å². The summed E-state index contributed by atoms with van der Waals surface area (Å²) in [5.41, 5.74) is 4.08. The van der Waals surface area contributed by atoms with Gasteiger partial charge in [0.25, 0.3) is 5.91 Å². The number of Topliss-reactive ketones (excluding diaryl/α,β-unsaturated/α-hetero) is 1. The number of phenols is 1. The number of rotatable bonds is 6. The Bertz CT molecular complexity index is 1170. The molecule has 34 heavy (non-hydrogen) atoms. The molecule has 0 radical (unpaired) electrons. The molecule has 2 amide bonds. The number of carbonyl (C=O) groups is 3. The molecular formula is C27H33N3O4. The minimum absolute atomic E-state index is 0.0638. The van der Waals surface area contributed by atoms with Gasteiger partial charge in [0.05, 0.1) is 5.69 Å². The smallest absolute Gasteiger partial charge is 0.268 e. The van der Waals surface area contributed by atoms with Crippen LogP contribution in [0, 0.1) is 18.3 Å². The van der Waals surface area contributed by atoms with Gasteiger partial charge in [0.2, 0.25) is 5.91 Å². The van der Waals surface area contributed by atoms with E-state index < -0.39 is 6.04 Å². The molecule has 3 N–H and O–H groups in total. The number of carbonyl (C=O) groups excluding carboxylic acids is 3. The number of H-pyrrole nitrogens is 1. The van der Waals surface area contributed by atoms with E-state index in [1.165, 1.54) is 12.8 Å². The molecular weight excluding hydrogens is 430 g/mol. The third kappa shape index (κ3) is 4.24. The molecule has 1 aliphatic heterocycles. The van der Waals surface area contributed by atoms with Crippen LogP contribution in [-0.4, -0.2) is 40.3 Å². The van der Waals surface area contributed by atoms with Crippen LogP contribution in [0.4, 0.5) is 5.69 Å². The highest BCUT2D eigenvalue weighted by Crippen LogP contribution is 2.38. The van der Waals surface area contributed by atoms with Gasteiger partial charge in [-0.05, 0) is 61.1 Å². The summed E-state index contributed by atoms with van der Waals surface area (Å²) in [6.45, 7) is 6.46. The first-order valence-corrected chi connectivity index (χ1v) is 12.3. The number of nitrogens with one attached hydrogen (secondary N) is 2. The van der Waals surface area contributed by atoms with Gasteiger partial charge in [0.1, 0.15) is 17.5 Å². The molecule has 7 heteroatoms. The highest BCUT2D eigenvalue weighted by Gasteiger charge is 2.37. The van der Waals surface area contributed by atoms with Gasteiger partial charge in [-0.15, -0.1) is 0 Å². The molecule has 0 bridgehead atoms. The second-order valence-electron chi connectivity index (χ2n) is 11.0. The third-order valence-electron chi connectivity index (χ3n) is 7.52. The van der Waals surface area contributed by atoms with Gasteiger partial charge in [0, 0.05) is 30.3 Å². The lowest BCUT2D eigenvalue weighted by molar-refractivity contribution is -0.120. The Labute approximate surface area is 199 Å². The quantitative estimate of drug-likeness (QED) is 0.601. The number of phenolic OH excluding ortho intramolecular Hbond substituents is 1. The first kappa shape index (κ1) is 22.7. The Kier molecular flexibility index (Phi) is 5.53. The molecule has 5 rings (SSSR count). The van der Waals surface area contributed by atoms with Crippen LogP contribution in [0.3, 0.4) is 0 Å². The van der Waals surface area contributed by atoms with E-state index >= 15 is 0 Å². The van der Waals surface area contributed by atoms with Gasteiger partial charge in [-0.25, -0.2) is 0 Å². The molecule has 0 spiro atoms. The number of anilines is 1. The van der Waals surface area contributed by atoms with Crippen molar-refractivity contribution in [3.8, 4) is 5.75 Å². The Balaban J connectivity index is 1.39. The first-order valence-electron chi connectivity index (χ1n) is 12.3. The number of hydrogen-bond donors (Lipinski definition) is 3. The summed E-state index contributed by atoms with van der Waals surface area (Å²) < 4.78 is 0. The summed E-state index contributed by atoms with van der Waals surface area (Å²) in [7, 11) is 0. The van der Waals surface area contributed by atoms with Crippen molar-refractivity contribution in [1.82, 2.24) is 10.3 Å². The van der Waals surface area contributed by atoms with E-state index in [2.05, 4.69) is 24.1 Å². The van der Waals surface area contributed by atoms with E-state index in [1.54, 1.807) is 24.0 Å². The highest BCUT2D eigenvalue weighted by molar-refractivity contribution is 6.06. The van der Waals surface area contributed by atoms with Crippen molar-refractivity contribution in [3.05, 3.63) is 46.3 Å². The summed E-state index contributed by atoms with van der Waals surface area (Å²) in [6, 6.07) is 4.45. The van der Waals surface area contributed by atoms with Crippen molar-refractivity contribution in [3.63, 3.8) is 0 Å². The number of fused-ring (bicyclic) bond motifs is 2. The van der Waals surface area contributed by atoms with Crippen LogP contribution in [0.2, 0.25) is 0 Å². The van der Waals surface area contributed by atoms with E-state index in [-0.39, 0.29) is 28.8 Å². The molecule has 2 aliphatic carbocycles. The maximum absolute atomic E-state index is 13.6. The van der Waals surface area contributed by atoms with Crippen LogP contribution in [-0.2, 0) is 17.6 Å². The zero-order chi connectivity index (χ0) is 24.2. The third-order valence-corrected chi connectivity index (χ3v) is 7.52. The predicted octanol–water partition coefficient (Wildman–Crippen LogP) is 4.06. The molecule has 180 valence electrons. The predicted molar refractivity (Wildman–Crippen MR) is 129 cm³/mol. The Morgan fingerprint density at radius 2 is 2.03 bits per heavy atom. The van der Waals surface area contributed by atoms with Crippen LogP contribution in [0.25, 0.3) is 0 Å². The number of ketones is 1. The second-order valence-corrected chi connectivity index (χ2v) is 11.0. The standard InChI is InChI=1S/C27H33N3O4/c1-15-23-20(13-27(2,3)14-22(23)32)28-24(15)25(33)29-19(9-6-16-4-5-16)26(34)30-11-10-17-7-8-18(31)12-21(17)30/h7-8,12,16,19,28,31H,4-6,9-11,13-14H2,1-3H3,(H,29,33). The molecule has 1 fully saturated rings. The largest absolute Gasteiger partial charge is 0.508 e. The van der Waals surface area contributed by atoms with Crippen molar-refractivity contribution in [2.75, 3.05) is 11.4 Å². The van der Waals surface area contributed by atoms with Crippen molar-refractivity contribution in [2.45, 2.75) is 71.8 Å². The van der Waals surface area contributed by atoms with Gasteiger partial charge in [-0.2, -0.15) is 0 Å². The van der Waals surface area contributed by atoms with Crippen LogP contribution >= 0.6 is 0 Å². The van der Waals surface area contributed by atoms with Crippen LogP contribution in [0.15, 0.2) is 18.2 Å². The molecule has 1 saturated carbocycles. The molecule has 1 aromatic carbocycles. The topological polar surface area (TPSA) is 102 Å². The molecule has 0 saturated heterocycles. The molecule has 7 nitrogen and oxygen atoms in total. The number of aromatic nitrogens is 1. The molecule has 2 heterocycles. The Morgan fingerprint density at radius 3 is 2.76 bits per heavy atom. The number of benzene rings is 1. The average Bonchev–Trinajstić information content (AvgIpc) is 3.41. The lowest BCUT2D eigenvalue weighted by Crippen LogP contribution is -2.48. The van der Waals surface area contributed by atoms with Crippen molar-refractivity contribution in [1.29, 1.82) is 0 Å². The molecule has 3 aliphatic rings. The summed E-state index contributed by atoms with van der Waals surface area (Å²) >= 11 is 0. The Hall–Kier alpha value is -3.09. The van der Waals surface area contributed by atoms with Gasteiger partial charge in [-0.1, -0.05) is 32.8 Å². The number of aromatic amines is 1. The van der Waals surface area contributed by atoms with Crippen LogP contribution < -0.4 is 10.2 Å². The number of amides is 2. The van der Waals surface area contributed by atoms with Gasteiger partial charge in [0.15, 0.2) is 5.78 Å². The SMILES string of the molecule is Cc1c(C(=O)NC(CCC2CC2)C(=O)N2CCc3ccc(O)cc32)[nH]c2c1C(=O)CC(C)(C)C2. The van der Waals surface area contributed by atoms with Crippen molar-refractivity contribution >= 4 is 23.3 Å². The normalized spacial score (nSPS) is 19.5. The summed E-state index contributed by atoms with van der Waals surface area (Å²) in [6.07, 6.45) is 5.72. The van der Waals surface area contributed by atoms with E-state index in [0.29, 0.717) is 48.5 Å². The molecule has 1 atom stereocenters. The number of nitrogens with zero attached hydrogens (tertiary/aromatic N) is 1. The van der Waals surface area contributed by atoms with E-state index in [4.69, 9.17) is 0 Å². The fourth-order valence-corrected chi connectivity index (χ4v) is 5.54. The van der Waals surface area contributed by atoms with Gasteiger partial charge < -0.3 is 20.3 Å². The summed E-state index contributed by atoms with van der Waals surface area (Å²) in [4.78, 5) is 44.6. The van der Waals surface area contributed by atoms with Crippen LogP contribution in [0.1, 0.15) is 83.6 Å². The van der Waals surface area contributed by atoms with Gasteiger partial charge in [-0.3, -0.25) is 14.4 Å². The fraction of sp³-hybridized carbons (Fsp3) is 0.519. The summed E-state index contributed by atoms with van der Waals surface area (Å²) in [5.74, 6) is 0.319. The average molecular weight is 464 g/mol. The zero-order valence-corrected chi connectivity index (χ0v) is 20.2. The summed E-state index contributed by atoms with van der Waals surface area (Å²) in [5, 5.41) is 12.9. The maximum Gasteiger partial charge on any atom is 0.268 e. The van der Waals surface area contributed by atoms with Gasteiger partial charge >= 0.3 is 0 Å². The van der Waals surface area contributed by atoms with Crippen molar-refractivity contribution in [2.24, 2.45) is 11.3 Å². The minimum atomic E-state index is -0.659. The van der Waals surface area contributed by atoms with E-state index in [1.807, 2.05) is 6.07 Å². The van der Waals surface area contributed by atoms with Crippen LogP contribution in [0.5, 0.6) is 5.75 Å². The Morgan fingerprint density at radius 1 is 1.26 bits per heavy atom. The minimum Gasteiger partial charge on any atom is -0.508 e. The first-order chi connectivity index (χ1) is 16.1. The fourth-order valence-electron chi connectivity index (χ4n) is 5.54. The zero-order valence-electron chi connectivity index (χ0n) is 20.2. The molecule has 1 unspecified atom stereocenters. The maximum atomic E-state index is 13.6. The van der Waals surface area contributed by atoms with E-state index in [9.17, 15) is 19.5 Å². The lowest BCUT2D eigenvalue weighted by Gasteiger charge is -2.28.